The predicted molar refractivity (Wildman–Crippen MR) is 72.8 cm³/mol. The molecule has 0 radical (unpaired) electrons. The molecular weight excluding hydrogens is 268 g/mol. The van der Waals surface area contributed by atoms with E-state index in [1.807, 2.05) is 0 Å². The summed E-state index contributed by atoms with van der Waals surface area (Å²) in [4.78, 5) is 22.5. The van der Waals surface area contributed by atoms with Crippen LogP contribution < -0.4 is 0 Å². The zero-order valence-corrected chi connectivity index (χ0v) is 12.4. The smallest absolute Gasteiger partial charge is 0.348 e. The molecule has 0 aromatic heterocycles. The average Bonchev–Trinajstić information content (AvgIpc) is 2.53. The van der Waals surface area contributed by atoms with Gasteiger partial charge in [0.05, 0.1) is 6.61 Å². The molecule has 0 spiro atoms. The normalized spacial score (nSPS) is 25.0. The van der Waals surface area contributed by atoms with Crippen LogP contribution >= 0.6 is 11.8 Å². The SMILES string of the molecule is C=C(C)C(=O)OC(C)C(=O)OC1(C)COCCCS1. The van der Waals surface area contributed by atoms with Crippen molar-refractivity contribution in [2.75, 3.05) is 19.0 Å². The van der Waals surface area contributed by atoms with Crippen LogP contribution in [0.4, 0.5) is 0 Å². The molecule has 0 aromatic carbocycles. The second-order valence-electron chi connectivity index (χ2n) is 4.64. The van der Waals surface area contributed by atoms with Crippen molar-refractivity contribution in [2.45, 2.75) is 38.2 Å². The van der Waals surface area contributed by atoms with Gasteiger partial charge in [0.1, 0.15) is 0 Å². The minimum absolute atomic E-state index is 0.248. The van der Waals surface area contributed by atoms with Crippen molar-refractivity contribution >= 4 is 23.7 Å². The van der Waals surface area contributed by atoms with Crippen molar-refractivity contribution < 1.29 is 23.8 Å². The van der Waals surface area contributed by atoms with Crippen molar-refractivity contribution in [1.29, 1.82) is 0 Å². The monoisotopic (exact) mass is 288 g/mol. The predicted octanol–water partition coefficient (Wildman–Crippen LogP) is 1.91. The van der Waals surface area contributed by atoms with Crippen LogP contribution in [0.3, 0.4) is 0 Å². The maximum Gasteiger partial charge on any atom is 0.348 e. The van der Waals surface area contributed by atoms with Gasteiger partial charge in [-0.1, -0.05) is 6.58 Å². The lowest BCUT2D eigenvalue weighted by Crippen LogP contribution is -2.37. The fourth-order valence-corrected chi connectivity index (χ4v) is 2.41. The maximum absolute atomic E-state index is 11.9. The van der Waals surface area contributed by atoms with Crippen LogP contribution in [0.25, 0.3) is 0 Å². The number of esters is 2. The topological polar surface area (TPSA) is 61.8 Å². The van der Waals surface area contributed by atoms with Crippen molar-refractivity contribution in [2.24, 2.45) is 0 Å². The quantitative estimate of drug-likeness (QED) is 0.581. The van der Waals surface area contributed by atoms with Gasteiger partial charge in [0.2, 0.25) is 0 Å². The Labute approximate surface area is 117 Å². The molecule has 5 nitrogen and oxygen atoms in total. The second kappa shape index (κ2) is 6.96. The van der Waals surface area contributed by atoms with E-state index in [9.17, 15) is 9.59 Å². The van der Waals surface area contributed by atoms with Crippen LogP contribution in [-0.4, -0.2) is 41.9 Å². The Morgan fingerprint density at radius 2 is 2.16 bits per heavy atom. The summed E-state index contributed by atoms with van der Waals surface area (Å²) in [6.45, 7) is 9.27. The van der Waals surface area contributed by atoms with E-state index in [1.165, 1.54) is 25.6 Å². The Balaban J connectivity index is 2.52. The van der Waals surface area contributed by atoms with E-state index in [1.54, 1.807) is 6.92 Å². The van der Waals surface area contributed by atoms with Gasteiger partial charge in [0, 0.05) is 12.2 Å². The molecule has 1 fully saturated rings. The van der Waals surface area contributed by atoms with E-state index >= 15 is 0 Å². The summed E-state index contributed by atoms with van der Waals surface area (Å²) in [5.41, 5.74) is 0.248. The average molecular weight is 288 g/mol. The standard InChI is InChI=1S/C13H20O5S/c1-9(2)11(14)17-10(3)12(15)18-13(4)8-16-6-5-7-19-13/h10H,1,5-8H2,2-4H3. The van der Waals surface area contributed by atoms with Gasteiger partial charge < -0.3 is 14.2 Å². The molecule has 1 saturated heterocycles. The maximum atomic E-state index is 11.9. The molecule has 6 heteroatoms. The highest BCUT2D eigenvalue weighted by atomic mass is 32.2. The van der Waals surface area contributed by atoms with Crippen LogP contribution in [-0.2, 0) is 23.8 Å². The minimum Gasteiger partial charge on any atom is -0.447 e. The van der Waals surface area contributed by atoms with E-state index < -0.39 is 23.0 Å². The number of carbonyl (C=O) groups is 2. The lowest BCUT2D eigenvalue weighted by atomic mass is 10.3. The van der Waals surface area contributed by atoms with E-state index in [2.05, 4.69) is 6.58 Å². The molecule has 1 rings (SSSR count). The van der Waals surface area contributed by atoms with Crippen LogP contribution in [0.1, 0.15) is 27.2 Å². The van der Waals surface area contributed by atoms with E-state index in [0.29, 0.717) is 13.2 Å². The van der Waals surface area contributed by atoms with Gasteiger partial charge in [0.25, 0.3) is 0 Å². The Bertz CT molecular complexity index is 358. The summed E-state index contributed by atoms with van der Waals surface area (Å²) in [6.07, 6.45) is -0.0252. The zero-order valence-electron chi connectivity index (χ0n) is 11.6. The largest absolute Gasteiger partial charge is 0.447 e. The highest BCUT2D eigenvalue weighted by Gasteiger charge is 2.34. The number of ether oxygens (including phenoxy) is 3. The van der Waals surface area contributed by atoms with Gasteiger partial charge in [-0.15, -0.1) is 11.8 Å². The summed E-state index contributed by atoms with van der Waals surface area (Å²) in [5.74, 6) is -0.307. The first-order valence-corrected chi connectivity index (χ1v) is 7.14. The van der Waals surface area contributed by atoms with Crippen molar-refractivity contribution in [3.63, 3.8) is 0 Å². The molecule has 19 heavy (non-hydrogen) atoms. The molecule has 1 aliphatic rings. The first-order valence-electron chi connectivity index (χ1n) is 6.15. The van der Waals surface area contributed by atoms with Crippen LogP contribution in [0, 0.1) is 0 Å². The van der Waals surface area contributed by atoms with E-state index in [4.69, 9.17) is 14.2 Å². The lowest BCUT2D eigenvalue weighted by Gasteiger charge is -2.28. The fraction of sp³-hybridized carbons (Fsp3) is 0.692. The molecule has 0 bridgehead atoms. The van der Waals surface area contributed by atoms with E-state index in [-0.39, 0.29) is 5.57 Å². The first kappa shape index (κ1) is 16.0. The summed E-state index contributed by atoms with van der Waals surface area (Å²) in [6, 6.07) is 0. The van der Waals surface area contributed by atoms with Crippen molar-refractivity contribution in [1.82, 2.24) is 0 Å². The number of rotatable bonds is 4. The van der Waals surface area contributed by atoms with Crippen LogP contribution in [0.15, 0.2) is 12.2 Å². The van der Waals surface area contributed by atoms with Gasteiger partial charge in [-0.05, 0) is 32.9 Å². The Kier molecular flexibility index (Phi) is 5.87. The molecule has 0 amide bonds. The summed E-state index contributed by atoms with van der Waals surface area (Å²) in [5, 5.41) is 0. The van der Waals surface area contributed by atoms with Gasteiger partial charge in [-0.25, -0.2) is 9.59 Å². The highest BCUT2D eigenvalue weighted by molar-refractivity contribution is 8.00. The third-order valence-electron chi connectivity index (χ3n) is 2.49. The molecule has 2 unspecified atom stereocenters. The molecule has 0 aliphatic carbocycles. The molecule has 0 saturated carbocycles. The van der Waals surface area contributed by atoms with E-state index in [0.717, 1.165) is 12.2 Å². The summed E-state index contributed by atoms with van der Waals surface area (Å²) in [7, 11) is 0. The Morgan fingerprint density at radius 3 is 2.79 bits per heavy atom. The third-order valence-corrected chi connectivity index (χ3v) is 3.79. The Hall–Kier alpha value is -1.01. The van der Waals surface area contributed by atoms with Gasteiger partial charge in [0.15, 0.2) is 11.0 Å². The summed E-state index contributed by atoms with van der Waals surface area (Å²) < 4.78 is 15.7. The van der Waals surface area contributed by atoms with Gasteiger partial charge >= 0.3 is 11.9 Å². The molecule has 108 valence electrons. The highest BCUT2D eigenvalue weighted by Crippen LogP contribution is 2.30. The summed E-state index contributed by atoms with van der Waals surface area (Å²) >= 11 is 1.53. The number of hydrogen-bond acceptors (Lipinski definition) is 6. The van der Waals surface area contributed by atoms with Crippen molar-refractivity contribution in [3.05, 3.63) is 12.2 Å². The Morgan fingerprint density at radius 1 is 1.47 bits per heavy atom. The molecule has 0 aromatic rings. The fourth-order valence-electron chi connectivity index (χ4n) is 1.41. The zero-order chi connectivity index (χ0) is 14.5. The first-order chi connectivity index (χ1) is 8.84. The third kappa shape index (κ3) is 5.24. The molecule has 0 N–H and O–H groups in total. The number of thioether (sulfide) groups is 1. The van der Waals surface area contributed by atoms with Crippen molar-refractivity contribution in [3.8, 4) is 0 Å². The molecule has 2 atom stereocenters. The second-order valence-corrected chi connectivity index (χ2v) is 6.20. The molecular formula is C13H20O5S. The van der Waals surface area contributed by atoms with Gasteiger partial charge in [-0.3, -0.25) is 0 Å². The van der Waals surface area contributed by atoms with Crippen LogP contribution in [0.2, 0.25) is 0 Å². The molecule has 1 aliphatic heterocycles. The number of hydrogen-bond donors (Lipinski definition) is 0. The van der Waals surface area contributed by atoms with Crippen LogP contribution in [0.5, 0.6) is 0 Å². The van der Waals surface area contributed by atoms with Gasteiger partial charge in [-0.2, -0.15) is 0 Å². The minimum atomic E-state index is -0.954. The lowest BCUT2D eigenvalue weighted by molar-refractivity contribution is -0.171. The molecule has 1 heterocycles. The number of carbonyl (C=O) groups excluding carboxylic acids is 2.